The summed E-state index contributed by atoms with van der Waals surface area (Å²) in [7, 11) is 1.14. The number of esters is 1. The normalized spacial score (nSPS) is 14.2. The van der Waals surface area contributed by atoms with Crippen molar-refractivity contribution in [2.45, 2.75) is 18.6 Å². The highest BCUT2D eigenvalue weighted by Crippen LogP contribution is 2.23. The van der Waals surface area contributed by atoms with Crippen LogP contribution in [-0.4, -0.2) is 34.4 Å². The number of ether oxygens (including phenoxy) is 1. The fourth-order valence-electron chi connectivity index (χ4n) is 1.22. The maximum Gasteiger partial charge on any atom is 0.308 e. The molecule has 0 saturated heterocycles. The van der Waals surface area contributed by atoms with E-state index < -0.39 is 30.5 Å². The number of carbonyl (C=O) groups is 1. The van der Waals surface area contributed by atoms with E-state index in [1.54, 1.807) is 0 Å². The lowest BCUT2D eigenvalue weighted by Crippen LogP contribution is -2.23. The van der Waals surface area contributed by atoms with Gasteiger partial charge >= 0.3 is 5.97 Å². The van der Waals surface area contributed by atoms with E-state index in [4.69, 9.17) is 11.6 Å². The van der Waals surface area contributed by atoms with Gasteiger partial charge in [0.05, 0.1) is 24.7 Å². The fourth-order valence-corrected chi connectivity index (χ4v) is 1.38. The maximum absolute atomic E-state index is 13.2. The first-order valence-corrected chi connectivity index (χ1v) is 5.07. The number of halogens is 2. The second-order valence-corrected chi connectivity index (χ2v) is 3.76. The van der Waals surface area contributed by atoms with Crippen molar-refractivity contribution in [2.24, 2.45) is 0 Å². The van der Waals surface area contributed by atoms with E-state index in [9.17, 15) is 19.4 Å². The molecule has 17 heavy (non-hydrogen) atoms. The van der Waals surface area contributed by atoms with Crippen LogP contribution in [0.15, 0.2) is 12.3 Å². The summed E-state index contributed by atoms with van der Waals surface area (Å²) in [6, 6.07) is 1.13. The van der Waals surface area contributed by atoms with Crippen LogP contribution in [0, 0.1) is 5.95 Å². The van der Waals surface area contributed by atoms with Gasteiger partial charge in [-0.3, -0.25) is 4.79 Å². The summed E-state index contributed by atoms with van der Waals surface area (Å²) in [5.41, 5.74) is -0.270. The molecule has 1 rings (SSSR count). The van der Waals surface area contributed by atoms with Crippen LogP contribution in [0.1, 0.15) is 18.1 Å². The first-order chi connectivity index (χ1) is 7.95. The number of aliphatic hydroxyl groups is 2. The van der Waals surface area contributed by atoms with E-state index in [-0.39, 0.29) is 10.6 Å². The predicted molar refractivity (Wildman–Crippen MR) is 56.8 cm³/mol. The van der Waals surface area contributed by atoms with E-state index in [1.807, 2.05) is 0 Å². The molecule has 0 saturated carbocycles. The summed E-state index contributed by atoms with van der Waals surface area (Å²) in [6.07, 6.45) is -2.47. The molecule has 0 aromatic carbocycles. The van der Waals surface area contributed by atoms with Crippen LogP contribution in [0.3, 0.4) is 0 Å². The third-order valence-corrected chi connectivity index (χ3v) is 2.33. The summed E-state index contributed by atoms with van der Waals surface area (Å²) in [6.45, 7) is 0. The molecule has 5 nitrogen and oxygen atoms in total. The molecule has 0 spiro atoms. The molecule has 0 aliphatic carbocycles. The zero-order valence-electron chi connectivity index (χ0n) is 8.93. The van der Waals surface area contributed by atoms with Gasteiger partial charge in [0, 0.05) is 11.8 Å². The Hall–Kier alpha value is -1.24. The molecule has 2 atom stereocenters. The molecule has 1 aromatic rings. The monoisotopic (exact) mass is 263 g/mol. The van der Waals surface area contributed by atoms with Gasteiger partial charge in [-0.15, -0.1) is 0 Å². The first kappa shape index (κ1) is 13.8. The highest BCUT2D eigenvalue weighted by molar-refractivity contribution is 6.30. The van der Waals surface area contributed by atoms with Crippen molar-refractivity contribution < 1.29 is 24.1 Å². The number of rotatable bonds is 4. The van der Waals surface area contributed by atoms with Gasteiger partial charge in [-0.1, -0.05) is 11.6 Å². The topological polar surface area (TPSA) is 79.7 Å². The molecular formula is C10H11ClFNO4. The Morgan fingerprint density at radius 3 is 2.88 bits per heavy atom. The van der Waals surface area contributed by atoms with Crippen LogP contribution in [0.4, 0.5) is 4.39 Å². The minimum absolute atomic E-state index is 0.116. The standard InChI is InChI=1S/C10H11ClFNO4/c1-17-8(15)3-7(14)9(16)6-2-5(11)4-13-10(6)12/h2,4,7,9,14,16H,3H2,1H3. The van der Waals surface area contributed by atoms with Crippen LogP contribution in [0.25, 0.3) is 0 Å². The van der Waals surface area contributed by atoms with Gasteiger partial charge < -0.3 is 14.9 Å². The molecule has 2 N–H and O–H groups in total. The molecule has 1 heterocycles. The Morgan fingerprint density at radius 1 is 1.65 bits per heavy atom. The number of carbonyl (C=O) groups excluding carboxylic acids is 1. The van der Waals surface area contributed by atoms with Crippen LogP contribution in [0.2, 0.25) is 5.02 Å². The largest absolute Gasteiger partial charge is 0.469 e. The smallest absolute Gasteiger partial charge is 0.308 e. The molecule has 7 heteroatoms. The van der Waals surface area contributed by atoms with E-state index in [0.29, 0.717) is 0 Å². The molecule has 1 aromatic heterocycles. The number of hydrogen-bond donors (Lipinski definition) is 2. The zero-order valence-corrected chi connectivity index (χ0v) is 9.69. The zero-order chi connectivity index (χ0) is 13.0. The summed E-state index contributed by atoms with van der Waals surface area (Å²) >= 11 is 5.59. The van der Waals surface area contributed by atoms with Crippen LogP contribution in [-0.2, 0) is 9.53 Å². The molecule has 0 aliphatic heterocycles. The van der Waals surface area contributed by atoms with E-state index in [0.717, 1.165) is 19.4 Å². The molecule has 0 fully saturated rings. The van der Waals surface area contributed by atoms with Crippen molar-refractivity contribution in [3.63, 3.8) is 0 Å². The number of aromatic nitrogens is 1. The van der Waals surface area contributed by atoms with E-state index in [2.05, 4.69) is 9.72 Å². The Bertz CT molecular complexity index is 415. The summed E-state index contributed by atoms with van der Waals surface area (Å²) in [5, 5.41) is 19.3. The Labute approximate surface area is 102 Å². The van der Waals surface area contributed by atoms with Gasteiger partial charge in [0.15, 0.2) is 0 Å². The van der Waals surface area contributed by atoms with E-state index >= 15 is 0 Å². The molecule has 0 aliphatic rings. The number of nitrogens with zero attached hydrogens (tertiary/aromatic N) is 1. The minimum atomic E-state index is -1.60. The Kier molecular flexibility index (Phi) is 4.80. The lowest BCUT2D eigenvalue weighted by atomic mass is 10.0. The van der Waals surface area contributed by atoms with Crippen molar-refractivity contribution in [2.75, 3.05) is 7.11 Å². The highest BCUT2D eigenvalue weighted by atomic mass is 35.5. The molecule has 0 bridgehead atoms. The number of hydrogen-bond acceptors (Lipinski definition) is 5. The van der Waals surface area contributed by atoms with Gasteiger partial charge in [0.2, 0.25) is 5.95 Å². The number of methoxy groups -OCH3 is 1. The Balaban J connectivity index is 2.84. The van der Waals surface area contributed by atoms with Crippen molar-refractivity contribution in [1.82, 2.24) is 4.98 Å². The Morgan fingerprint density at radius 2 is 2.29 bits per heavy atom. The van der Waals surface area contributed by atoms with Crippen molar-refractivity contribution in [3.8, 4) is 0 Å². The van der Waals surface area contributed by atoms with Gasteiger partial charge in [-0.25, -0.2) is 4.98 Å². The molecule has 94 valence electrons. The third-order valence-electron chi connectivity index (χ3n) is 2.12. The SMILES string of the molecule is COC(=O)CC(O)C(O)c1cc(Cl)cnc1F. The molecule has 2 unspecified atom stereocenters. The average Bonchev–Trinajstić information content (AvgIpc) is 2.31. The number of aliphatic hydroxyl groups excluding tert-OH is 2. The van der Waals surface area contributed by atoms with Crippen molar-refractivity contribution in [1.29, 1.82) is 0 Å². The molecular weight excluding hydrogens is 253 g/mol. The quantitative estimate of drug-likeness (QED) is 0.621. The van der Waals surface area contributed by atoms with Crippen molar-refractivity contribution >= 4 is 17.6 Å². The summed E-state index contributed by atoms with van der Waals surface area (Å²) in [4.78, 5) is 14.2. The second kappa shape index (κ2) is 5.90. The average molecular weight is 264 g/mol. The van der Waals surface area contributed by atoms with Gasteiger partial charge in [0.1, 0.15) is 6.10 Å². The van der Waals surface area contributed by atoms with Gasteiger partial charge in [0.25, 0.3) is 0 Å². The second-order valence-electron chi connectivity index (χ2n) is 3.33. The minimum Gasteiger partial charge on any atom is -0.469 e. The van der Waals surface area contributed by atoms with Crippen LogP contribution in [0.5, 0.6) is 0 Å². The van der Waals surface area contributed by atoms with Crippen molar-refractivity contribution in [3.05, 3.63) is 28.8 Å². The predicted octanol–water partition coefficient (Wildman–Crippen LogP) is 0.831. The van der Waals surface area contributed by atoms with Gasteiger partial charge in [-0.2, -0.15) is 4.39 Å². The number of pyridine rings is 1. The summed E-state index contributed by atoms with van der Waals surface area (Å²) < 4.78 is 17.6. The highest BCUT2D eigenvalue weighted by Gasteiger charge is 2.25. The molecule has 0 amide bonds. The fraction of sp³-hybridized carbons (Fsp3) is 0.400. The third kappa shape index (κ3) is 3.62. The van der Waals surface area contributed by atoms with Gasteiger partial charge in [-0.05, 0) is 6.07 Å². The van der Waals surface area contributed by atoms with Crippen LogP contribution >= 0.6 is 11.6 Å². The van der Waals surface area contributed by atoms with Crippen LogP contribution < -0.4 is 0 Å². The molecule has 0 radical (unpaired) electrons. The first-order valence-electron chi connectivity index (χ1n) is 4.69. The lowest BCUT2D eigenvalue weighted by molar-refractivity contribution is -0.144. The summed E-state index contributed by atoms with van der Waals surface area (Å²) in [5.74, 6) is -1.67. The van der Waals surface area contributed by atoms with E-state index in [1.165, 1.54) is 0 Å². The maximum atomic E-state index is 13.2. The lowest BCUT2D eigenvalue weighted by Gasteiger charge is -2.17.